The number of carbonyl (C=O) groups is 2. The summed E-state index contributed by atoms with van der Waals surface area (Å²) >= 11 is 0. The molecule has 3 heteroatoms. The molecule has 1 heterocycles. The van der Waals surface area contributed by atoms with Gasteiger partial charge in [-0.15, -0.1) is 0 Å². The number of hydrogen-bond acceptors (Lipinski definition) is 3. The van der Waals surface area contributed by atoms with Gasteiger partial charge in [0.25, 0.3) is 0 Å². The Morgan fingerprint density at radius 2 is 1.56 bits per heavy atom. The molecule has 2 bridgehead atoms. The molecule has 2 unspecified atom stereocenters. The van der Waals surface area contributed by atoms with Gasteiger partial charge in [0.1, 0.15) is 0 Å². The topological polar surface area (TPSA) is 47.0 Å². The Hall–Kier alpha value is -2.03. The third kappa shape index (κ3) is 1.07. The SMILES string of the molecule is O=C1C2=C(C(=O)c3cnccc31)C1C=CC2CC1. The summed E-state index contributed by atoms with van der Waals surface area (Å²) in [6.45, 7) is 0. The van der Waals surface area contributed by atoms with Crippen LogP contribution in [0.25, 0.3) is 0 Å². The third-order valence-electron chi connectivity index (χ3n) is 4.20. The fourth-order valence-electron chi connectivity index (χ4n) is 3.35. The molecular weight excluding hydrogens is 226 g/mol. The van der Waals surface area contributed by atoms with Crippen LogP contribution in [0.1, 0.15) is 33.6 Å². The molecular formula is C15H11NO2. The van der Waals surface area contributed by atoms with Crippen LogP contribution < -0.4 is 0 Å². The van der Waals surface area contributed by atoms with E-state index in [1.165, 1.54) is 6.20 Å². The summed E-state index contributed by atoms with van der Waals surface area (Å²) in [5.74, 6) is 0.311. The average Bonchev–Trinajstić information content (AvgIpc) is 2.45. The number of ketones is 2. The van der Waals surface area contributed by atoms with Gasteiger partial charge in [-0.1, -0.05) is 12.2 Å². The van der Waals surface area contributed by atoms with Crippen LogP contribution in [0.3, 0.4) is 0 Å². The van der Waals surface area contributed by atoms with Crippen LogP contribution in [0.4, 0.5) is 0 Å². The number of allylic oxidation sites excluding steroid dienone is 4. The smallest absolute Gasteiger partial charge is 0.192 e. The zero-order chi connectivity index (χ0) is 12.3. The molecule has 0 N–H and O–H groups in total. The van der Waals surface area contributed by atoms with Crippen molar-refractivity contribution >= 4 is 11.6 Å². The normalized spacial score (nSPS) is 28.4. The number of Topliss-reactive ketones (excluding diaryl/α,β-unsaturated/α-hetero) is 2. The molecule has 0 amide bonds. The van der Waals surface area contributed by atoms with E-state index in [0.717, 1.165) is 24.0 Å². The Labute approximate surface area is 104 Å². The lowest BCUT2D eigenvalue weighted by molar-refractivity contribution is 0.0949. The Morgan fingerprint density at radius 1 is 0.944 bits per heavy atom. The molecule has 1 aromatic heterocycles. The minimum absolute atomic E-state index is 0.00625. The Kier molecular flexibility index (Phi) is 1.80. The molecule has 3 nitrogen and oxygen atoms in total. The minimum atomic E-state index is 0.00625. The zero-order valence-electron chi connectivity index (χ0n) is 9.72. The summed E-state index contributed by atoms with van der Waals surface area (Å²) in [7, 11) is 0. The maximum Gasteiger partial charge on any atom is 0.192 e. The Morgan fingerprint density at radius 3 is 2.17 bits per heavy atom. The highest BCUT2D eigenvalue weighted by Crippen LogP contribution is 2.45. The van der Waals surface area contributed by atoms with Crippen molar-refractivity contribution in [2.45, 2.75) is 12.8 Å². The van der Waals surface area contributed by atoms with Crippen LogP contribution in [0.5, 0.6) is 0 Å². The predicted octanol–water partition coefficient (Wildman–Crippen LogP) is 2.35. The van der Waals surface area contributed by atoms with Crippen LogP contribution in [0.2, 0.25) is 0 Å². The van der Waals surface area contributed by atoms with Gasteiger partial charge in [0.15, 0.2) is 11.6 Å². The molecule has 5 rings (SSSR count). The summed E-state index contributed by atoms with van der Waals surface area (Å²) in [6.07, 6.45) is 9.23. The van der Waals surface area contributed by atoms with E-state index in [1.807, 2.05) is 0 Å². The van der Waals surface area contributed by atoms with Crippen molar-refractivity contribution in [3.05, 3.63) is 52.9 Å². The van der Waals surface area contributed by atoms with Gasteiger partial charge >= 0.3 is 0 Å². The van der Waals surface area contributed by atoms with Gasteiger partial charge in [-0.05, 0) is 18.9 Å². The summed E-state index contributed by atoms with van der Waals surface area (Å²) in [5, 5.41) is 0. The monoisotopic (exact) mass is 237 g/mol. The van der Waals surface area contributed by atoms with Crippen molar-refractivity contribution in [3.8, 4) is 0 Å². The van der Waals surface area contributed by atoms with Crippen LogP contribution >= 0.6 is 0 Å². The molecule has 0 fully saturated rings. The van der Waals surface area contributed by atoms with Crippen molar-refractivity contribution in [2.24, 2.45) is 11.8 Å². The van der Waals surface area contributed by atoms with Crippen molar-refractivity contribution in [3.63, 3.8) is 0 Å². The van der Waals surface area contributed by atoms with Crippen molar-refractivity contribution in [1.29, 1.82) is 0 Å². The molecule has 4 aliphatic carbocycles. The Bertz CT molecular complexity index is 599. The van der Waals surface area contributed by atoms with E-state index in [9.17, 15) is 9.59 Å². The van der Waals surface area contributed by atoms with E-state index in [0.29, 0.717) is 11.1 Å². The Balaban J connectivity index is 1.99. The van der Waals surface area contributed by atoms with Crippen LogP contribution in [0, 0.1) is 11.8 Å². The number of rotatable bonds is 0. The number of fused-ring (bicyclic) bond motifs is 2. The highest BCUT2D eigenvalue weighted by molar-refractivity contribution is 6.27. The van der Waals surface area contributed by atoms with Gasteiger partial charge in [0.2, 0.25) is 0 Å². The van der Waals surface area contributed by atoms with Crippen molar-refractivity contribution in [2.75, 3.05) is 0 Å². The number of pyridine rings is 1. The van der Waals surface area contributed by atoms with Gasteiger partial charge in [0, 0.05) is 40.9 Å². The quantitative estimate of drug-likeness (QED) is 0.651. The van der Waals surface area contributed by atoms with Gasteiger partial charge in [-0.3, -0.25) is 14.6 Å². The third-order valence-corrected chi connectivity index (χ3v) is 4.20. The molecule has 0 spiro atoms. The van der Waals surface area contributed by atoms with E-state index in [4.69, 9.17) is 0 Å². The molecule has 1 aromatic rings. The van der Waals surface area contributed by atoms with E-state index in [2.05, 4.69) is 17.1 Å². The first-order valence-electron chi connectivity index (χ1n) is 6.23. The second-order valence-corrected chi connectivity index (χ2v) is 5.08. The second kappa shape index (κ2) is 3.25. The molecule has 0 aliphatic heterocycles. The largest absolute Gasteiger partial charge is 0.289 e. The standard InChI is InChI=1S/C15H11NO2/c17-14-10-5-6-16-7-11(10)15(18)13-9-3-1-8(2-4-9)12(13)14/h1,3,5-9H,2,4H2. The number of carbonyl (C=O) groups excluding carboxylic acids is 2. The summed E-state index contributed by atoms with van der Waals surface area (Å²) < 4.78 is 0. The molecule has 0 saturated heterocycles. The van der Waals surface area contributed by atoms with Gasteiger partial charge in [-0.25, -0.2) is 0 Å². The second-order valence-electron chi connectivity index (χ2n) is 5.08. The molecule has 4 aliphatic rings. The molecule has 0 saturated carbocycles. The number of nitrogens with zero attached hydrogens (tertiary/aromatic N) is 1. The first-order valence-corrected chi connectivity index (χ1v) is 6.23. The summed E-state index contributed by atoms with van der Waals surface area (Å²) in [6, 6.07) is 1.66. The van der Waals surface area contributed by atoms with E-state index in [-0.39, 0.29) is 23.4 Å². The van der Waals surface area contributed by atoms with Crippen molar-refractivity contribution in [1.82, 2.24) is 4.98 Å². The lowest BCUT2D eigenvalue weighted by Crippen LogP contribution is -2.34. The summed E-state index contributed by atoms with van der Waals surface area (Å²) in [5.41, 5.74) is 2.48. The van der Waals surface area contributed by atoms with Crippen LogP contribution in [-0.4, -0.2) is 16.6 Å². The van der Waals surface area contributed by atoms with Gasteiger partial charge in [-0.2, -0.15) is 0 Å². The molecule has 18 heavy (non-hydrogen) atoms. The highest BCUT2D eigenvalue weighted by Gasteiger charge is 2.42. The van der Waals surface area contributed by atoms with Gasteiger partial charge < -0.3 is 0 Å². The highest BCUT2D eigenvalue weighted by atomic mass is 16.1. The zero-order valence-corrected chi connectivity index (χ0v) is 9.72. The fraction of sp³-hybridized carbons (Fsp3) is 0.267. The summed E-state index contributed by atoms with van der Waals surface area (Å²) in [4.78, 5) is 29.0. The average molecular weight is 237 g/mol. The number of hydrogen-bond donors (Lipinski definition) is 0. The molecule has 0 aromatic carbocycles. The maximum absolute atomic E-state index is 12.5. The fourth-order valence-corrected chi connectivity index (χ4v) is 3.35. The first-order chi connectivity index (χ1) is 8.77. The first kappa shape index (κ1) is 9.95. The molecule has 2 atom stereocenters. The molecule has 0 radical (unpaired) electrons. The van der Waals surface area contributed by atoms with Crippen LogP contribution in [-0.2, 0) is 0 Å². The van der Waals surface area contributed by atoms with Gasteiger partial charge in [0.05, 0.1) is 5.56 Å². The molecule has 88 valence electrons. The predicted molar refractivity (Wildman–Crippen MR) is 65.3 cm³/mol. The maximum atomic E-state index is 12.5. The minimum Gasteiger partial charge on any atom is -0.289 e. The lowest BCUT2D eigenvalue weighted by atomic mass is 9.65. The van der Waals surface area contributed by atoms with Crippen LogP contribution in [0.15, 0.2) is 41.8 Å². The number of aromatic nitrogens is 1. The van der Waals surface area contributed by atoms with Crippen molar-refractivity contribution < 1.29 is 9.59 Å². The van der Waals surface area contributed by atoms with E-state index in [1.54, 1.807) is 12.3 Å². The van der Waals surface area contributed by atoms with E-state index < -0.39 is 0 Å². The lowest BCUT2D eigenvalue weighted by Gasteiger charge is -2.37. The van der Waals surface area contributed by atoms with E-state index >= 15 is 0 Å².